The van der Waals surface area contributed by atoms with Crippen LogP contribution < -0.4 is 9.47 Å². The van der Waals surface area contributed by atoms with E-state index < -0.39 is 0 Å². The maximum Gasteiger partial charge on any atom is 0.253 e. The number of fused-ring (bicyclic) bond motifs is 1. The maximum absolute atomic E-state index is 12.6. The highest BCUT2D eigenvalue weighted by atomic mass is 16.7. The molecule has 2 aromatic rings. The van der Waals surface area contributed by atoms with Crippen molar-refractivity contribution in [2.45, 2.75) is 6.54 Å². The van der Waals surface area contributed by atoms with Crippen LogP contribution in [-0.2, 0) is 6.54 Å². The second-order valence-electron chi connectivity index (χ2n) is 6.45. The van der Waals surface area contributed by atoms with Crippen molar-refractivity contribution in [1.29, 1.82) is 5.26 Å². The summed E-state index contributed by atoms with van der Waals surface area (Å²) >= 11 is 0. The summed E-state index contributed by atoms with van der Waals surface area (Å²) in [5.74, 6) is 1.59. The van der Waals surface area contributed by atoms with Crippen LogP contribution in [0.3, 0.4) is 0 Å². The molecule has 0 aliphatic carbocycles. The lowest BCUT2D eigenvalue weighted by Crippen LogP contribution is -2.48. The second-order valence-corrected chi connectivity index (χ2v) is 6.45. The molecule has 0 bridgehead atoms. The van der Waals surface area contributed by atoms with Crippen LogP contribution in [0.1, 0.15) is 21.5 Å². The van der Waals surface area contributed by atoms with Crippen LogP contribution in [-0.4, -0.2) is 48.7 Å². The Bertz CT molecular complexity index is 867. The zero-order chi connectivity index (χ0) is 17.9. The number of hydrogen-bond donors (Lipinski definition) is 0. The predicted octanol–water partition coefficient (Wildman–Crippen LogP) is 2.24. The van der Waals surface area contributed by atoms with E-state index in [9.17, 15) is 4.79 Å². The third kappa shape index (κ3) is 3.35. The molecular weight excluding hydrogens is 330 g/mol. The number of rotatable bonds is 3. The van der Waals surface area contributed by atoms with E-state index in [-0.39, 0.29) is 12.7 Å². The summed E-state index contributed by atoms with van der Waals surface area (Å²) in [7, 11) is 0. The van der Waals surface area contributed by atoms with Crippen LogP contribution in [0.15, 0.2) is 42.5 Å². The summed E-state index contributed by atoms with van der Waals surface area (Å²) in [4.78, 5) is 16.8. The first-order valence-corrected chi connectivity index (χ1v) is 8.63. The van der Waals surface area contributed by atoms with Gasteiger partial charge in [-0.25, -0.2) is 0 Å². The van der Waals surface area contributed by atoms with Crippen LogP contribution in [0.2, 0.25) is 0 Å². The average molecular weight is 349 g/mol. The van der Waals surface area contributed by atoms with E-state index >= 15 is 0 Å². The molecule has 0 N–H and O–H groups in total. The summed E-state index contributed by atoms with van der Waals surface area (Å²) in [5, 5.41) is 8.99. The Morgan fingerprint density at radius 3 is 2.65 bits per heavy atom. The topological polar surface area (TPSA) is 65.8 Å². The van der Waals surface area contributed by atoms with E-state index in [1.54, 1.807) is 24.3 Å². The Morgan fingerprint density at radius 1 is 1.04 bits per heavy atom. The third-order valence-electron chi connectivity index (χ3n) is 4.74. The molecule has 1 fully saturated rings. The van der Waals surface area contributed by atoms with E-state index in [1.165, 1.54) is 5.56 Å². The minimum atomic E-state index is -0.00942. The van der Waals surface area contributed by atoms with Crippen molar-refractivity contribution in [2.24, 2.45) is 0 Å². The van der Waals surface area contributed by atoms with Gasteiger partial charge in [-0.2, -0.15) is 5.26 Å². The van der Waals surface area contributed by atoms with E-state index in [1.807, 2.05) is 17.0 Å². The first-order valence-electron chi connectivity index (χ1n) is 8.63. The standard InChI is InChI=1S/C20H19N3O3/c21-12-15-2-1-3-17(10-15)20(24)23-8-6-22(7-9-23)13-16-4-5-18-19(11-16)26-14-25-18/h1-5,10-11H,6-9,13-14H2. The number of nitriles is 1. The molecule has 2 aliphatic rings. The molecule has 6 heteroatoms. The fourth-order valence-electron chi connectivity index (χ4n) is 3.31. The van der Waals surface area contributed by atoms with Crippen molar-refractivity contribution in [3.8, 4) is 17.6 Å². The number of carbonyl (C=O) groups is 1. The third-order valence-corrected chi connectivity index (χ3v) is 4.74. The van der Waals surface area contributed by atoms with Crippen molar-refractivity contribution >= 4 is 5.91 Å². The van der Waals surface area contributed by atoms with Gasteiger partial charge in [0.05, 0.1) is 11.6 Å². The van der Waals surface area contributed by atoms with Gasteiger partial charge < -0.3 is 14.4 Å². The number of benzene rings is 2. The van der Waals surface area contributed by atoms with E-state index in [4.69, 9.17) is 14.7 Å². The fraction of sp³-hybridized carbons (Fsp3) is 0.300. The van der Waals surface area contributed by atoms with Gasteiger partial charge in [-0.05, 0) is 35.9 Å². The Balaban J connectivity index is 1.35. The van der Waals surface area contributed by atoms with Crippen molar-refractivity contribution in [3.63, 3.8) is 0 Å². The molecule has 0 spiro atoms. The number of piperazine rings is 1. The lowest BCUT2D eigenvalue weighted by molar-refractivity contribution is 0.0628. The van der Waals surface area contributed by atoms with Gasteiger partial charge in [0.1, 0.15) is 0 Å². The van der Waals surface area contributed by atoms with E-state index in [0.717, 1.165) is 31.1 Å². The summed E-state index contributed by atoms with van der Waals surface area (Å²) in [6, 6.07) is 15.0. The van der Waals surface area contributed by atoms with Crippen LogP contribution in [0.5, 0.6) is 11.5 Å². The van der Waals surface area contributed by atoms with Crippen molar-refractivity contribution in [2.75, 3.05) is 33.0 Å². The van der Waals surface area contributed by atoms with Crippen LogP contribution in [0, 0.1) is 11.3 Å². The molecule has 2 aliphatic heterocycles. The summed E-state index contributed by atoms with van der Waals surface area (Å²) in [6.45, 7) is 4.10. The summed E-state index contributed by atoms with van der Waals surface area (Å²) < 4.78 is 10.8. The van der Waals surface area contributed by atoms with Gasteiger partial charge in [0.2, 0.25) is 6.79 Å². The van der Waals surface area contributed by atoms with E-state index in [0.29, 0.717) is 24.2 Å². The number of ether oxygens (including phenoxy) is 2. The van der Waals surface area contributed by atoms with Crippen molar-refractivity contribution in [3.05, 3.63) is 59.2 Å². The molecule has 0 radical (unpaired) electrons. The van der Waals surface area contributed by atoms with Gasteiger partial charge in [-0.1, -0.05) is 12.1 Å². The van der Waals surface area contributed by atoms with E-state index in [2.05, 4.69) is 17.0 Å². The number of hydrogen-bond acceptors (Lipinski definition) is 5. The molecule has 132 valence electrons. The van der Waals surface area contributed by atoms with Gasteiger partial charge in [0.15, 0.2) is 11.5 Å². The normalized spacial score (nSPS) is 16.3. The second kappa shape index (κ2) is 7.06. The van der Waals surface area contributed by atoms with Crippen LogP contribution >= 0.6 is 0 Å². The largest absolute Gasteiger partial charge is 0.454 e. The molecule has 0 unspecified atom stereocenters. The maximum atomic E-state index is 12.6. The molecule has 1 saturated heterocycles. The smallest absolute Gasteiger partial charge is 0.253 e. The van der Waals surface area contributed by atoms with Gasteiger partial charge in [-0.3, -0.25) is 9.69 Å². The van der Waals surface area contributed by atoms with Gasteiger partial charge in [-0.15, -0.1) is 0 Å². The minimum Gasteiger partial charge on any atom is -0.454 e. The van der Waals surface area contributed by atoms with Crippen molar-refractivity contribution in [1.82, 2.24) is 9.80 Å². The number of carbonyl (C=O) groups excluding carboxylic acids is 1. The molecule has 26 heavy (non-hydrogen) atoms. The zero-order valence-electron chi connectivity index (χ0n) is 14.4. The summed E-state index contributed by atoms with van der Waals surface area (Å²) in [6.07, 6.45) is 0. The SMILES string of the molecule is N#Cc1cccc(C(=O)N2CCN(Cc3ccc4c(c3)OCO4)CC2)c1. The fourth-order valence-corrected chi connectivity index (χ4v) is 3.31. The Hall–Kier alpha value is -3.04. The lowest BCUT2D eigenvalue weighted by Gasteiger charge is -2.34. The first-order chi connectivity index (χ1) is 12.7. The number of amides is 1. The zero-order valence-corrected chi connectivity index (χ0v) is 14.4. The molecule has 1 amide bonds. The molecule has 4 rings (SSSR count). The quantitative estimate of drug-likeness (QED) is 0.850. The van der Waals surface area contributed by atoms with Gasteiger partial charge >= 0.3 is 0 Å². The minimum absolute atomic E-state index is 0.00942. The Kier molecular flexibility index (Phi) is 4.46. The molecule has 0 saturated carbocycles. The molecule has 2 aromatic carbocycles. The van der Waals surface area contributed by atoms with Gasteiger partial charge in [0, 0.05) is 38.3 Å². The molecule has 0 atom stereocenters. The van der Waals surface area contributed by atoms with Crippen LogP contribution in [0.4, 0.5) is 0 Å². The molecular formula is C20H19N3O3. The first kappa shape index (κ1) is 16.4. The highest BCUT2D eigenvalue weighted by Gasteiger charge is 2.23. The molecule has 0 aromatic heterocycles. The van der Waals surface area contributed by atoms with Crippen molar-refractivity contribution < 1.29 is 14.3 Å². The Morgan fingerprint density at radius 2 is 1.85 bits per heavy atom. The highest BCUT2D eigenvalue weighted by Crippen LogP contribution is 2.32. The molecule has 2 heterocycles. The summed E-state index contributed by atoms with van der Waals surface area (Å²) in [5.41, 5.74) is 2.27. The Labute approximate surface area is 152 Å². The number of nitrogens with zero attached hydrogens (tertiary/aromatic N) is 3. The van der Waals surface area contributed by atoms with Crippen LogP contribution in [0.25, 0.3) is 0 Å². The highest BCUT2D eigenvalue weighted by molar-refractivity contribution is 5.94. The monoisotopic (exact) mass is 349 g/mol. The predicted molar refractivity (Wildman–Crippen MR) is 94.9 cm³/mol. The average Bonchev–Trinajstić information content (AvgIpc) is 3.16. The molecule has 6 nitrogen and oxygen atoms in total. The lowest BCUT2D eigenvalue weighted by atomic mass is 10.1. The van der Waals surface area contributed by atoms with Gasteiger partial charge in [0.25, 0.3) is 5.91 Å².